The fourth-order valence-electron chi connectivity index (χ4n) is 2.06. The van der Waals surface area contributed by atoms with Crippen LogP contribution in [0, 0.1) is 10.1 Å². The third kappa shape index (κ3) is 6.40. The molecule has 1 N–H and O–H groups in total. The highest BCUT2D eigenvalue weighted by atomic mass is 16.6. The van der Waals surface area contributed by atoms with Gasteiger partial charge in [-0.25, -0.2) is 4.79 Å². The Balaban J connectivity index is 3.24. The second kappa shape index (κ2) is 8.70. The maximum Gasteiger partial charge on any atom is 0.412 e. The van der Waals surface area contributed by atoms with Crippen LogP contribution < -0.4 is 15.0 Å². The molecule has 0 heterocycles. The largest absolute Gasteiger partial charge is 0.494 e. The number of amides is 1. The van der Waals surface area contributed by atoms with Gasteiger partial charge in [0.1, 0.15) is 17.0 Å². The van der Waals surface area contributed by atoms with Gasteiger partial charge in [-0.1, -0.05) is 0 Å². The zero-order valence-electron chi connectivity index (χ0n) is 21.5. The standard InChI is InChI=1S/C17H28N4O5/c1-17(2,3)26-16(22)18-12-10-14(21(23)24)13(11-15(12)25-7)20(6)9-8-19(4)5/h10-11H,8-9H2,1-7H3,(H,18,22)/i4D3,5D3. The van der Waals surface area contributed by atoms with E-state index in [4.69, 9.17) is 17.7 Å². The van der Waals surface area contributed by atoms with Crippen LogP contribution in [0.4, 0.5) is 21.9 Å². The van der Waals surface area contributed by atoms with E-state index in [1.165, 1.54) is 25.1 Å². The van der Waals surface area contributed by atoms with Crippen molar-refractivity contribution in [1.82, 2.24) is 4.90 Å². The number of nitrogens with one attached hydrogen (secondary N) is 1. The first kappa shape index (κ1) is 13.6. The Labute approximate surface area is 162 Å². The summed E-state index contributed by atoms with van der Waals surface area (Å²) in [7, 11) is 2.75. The van der Waals surface area contributed by atoms with Crippen molar-refractivity contribution >= 4 is 23.2 Å². The van der Waals surface area contributed by atoms with E-state index in [0.717, 1.165) is 6.07 Å². The highest BCUT2D eigenvalue weighted by molar-refractivity contribution is 5.89. The van der Waals surface area contributed by atoms with Crippen molar-refractivity contribution in [2.45, 2.75) is 26.4 Å². The van der Waals surface area contributed by atoms with E-state index in [1.54, 1.807) is 20.8 Å². The molecule has 0 unspecified atom stereocenters. The van der Waals surface area contributed by atoms with Gasteiger partial charge in [-0.05, 0) is 34.7 Å². The van der Waals surface area contributed by atoms with E-state index in [-0.39, 0.29) is 23.7 Å². The second-order valence-corrected chi connectivity index (χ2v) is 6.50. The van der Waals surface area contributed by atoms with E-state index in [1.807, 2.05) is 0 Å². The van der Waals surface area contributed by atoms with Crippen LogP contribution in [0.25, 0.3) is 0 Å². The van der Waals surface area contributed by atoms with Crippen LogP contribution >= 0.6 is 0 Å². The lowest BCUT2D eigenvalue weighted by molar-refractivity contribution is -0.384. The van der Waals surface area contributed by atoms with Crippen molar-refractivity contribution in [3.05, 3.63) is 22.2 Å². The number of methoxy groups -OCH3 is 1. The fourth-order valence-corrected chi connectivity index (χ4v) is 2.06. The molecule has 9 heteroatoms. The monoisotopic (exact) mass is 374 g/mol. The Hall–Kier alpha value is -2.55. The molecule has 0 atom stereocenters. The maximum atomic E-state index is 12.1. The fraction of sp³-hybridized carbons (Fsp3) is 0.588. The molecule has 0 aliphatic rings. The molecule has 0 saturated carbocycles. The Kier molecular flexibility index (Phi) is 4.56. The number of likely N-dealkylation sites (N-methyl/N-ethyl adjacent to an activating group) is 2. The number of hydrogen-bond acceptors (Lipinski definition) is 7. The number of benzene rings is 1. The molecular formula is C17H28N4O5. The van der Waals surface area contributed by atoms with E-state index in [9.17, 15) is 14.9 Å². The minimum atomic E-state index is -2.88. The molecule has 0 spiro atoms. The smallest absolute Gasteiger partial charge is 0.412 e. The van der Waals surface area contributed by atoms with Crippen LogP contribution in [0.5, 0.6) is 5.75 Å². The molecule has 1 aromatic rings. The molecule has 0 bridgehead atoms. The highest BCUT2D eigenvalue weighted by Gasteiger charge is 2.24. The van der Waals surface area contributed by atoms with Crippen LogP contribution in [0.15, 0.2) is 12.1 Å². The summed E-state index contributed by atoms with van der Waals surface area (Å²) in [4.78, 5) is 24.7. The molecule has 0 aliphatic carbocycles. The number of nitro benzene ring substituents is 1. The number of hydrogen-bond donors (Lipinski definition) is 1. The molecule has 0 saturated heterocycles. The van der Waals surface area contributed by atoms with Gasteiger partial charge >= 0.3 is 6.09 Å². The van der Waals surface area contributed by atoms with E-state index in [0.29, 0.717) is 4.90 Å². The molecule has 1 amide bonds. The normalized spacial score (nSPS) is 15.6. The summed E-state index contributed by atoms with van der Waals surface area (Å²) < 4.78 is 54.9. The lowest BCUT2D eigenvalue weighted by Crippen LogP contribution is -2.29. The van der Waals surface area contributed by atoms with Crippen molar-refractivity contribution in [2.24, 2.45) is 0 Å². The molecule has 0 fully saturated rings. The molecular weight excluding hydrogens is 340 g/mol. The SMILES string of the molecule is [2H]C([2H])([2H])N(CCN(C)c1cc(OC)c(NC(=O)OC(C)(C)C)cc1[N+](=O)[O-])C([2H])([2H])[2H]. The molecule has 1 aromatic carbocycles. The molecule has 26 heavy (non-hydrogen) atoms. The van der Waals surface area contributed by atoms with Crippen molar-refractivity contribution in [1.29, 1.82) is 0 Å². The number of carbonyl (C=O) groups is 1. The number of nitro groups is 1. The second-order valence-electron chi connectivity index (χ2n) is 6.50. The Morgan fingerprint density at radius 3 is 2.50 bits per heavy atom. The van der Waals surface area contributed by atoms with Gasteiger partial charge in [-0.2, -0.15) is 0 Å². The van der Waals surface area contributed by atoms with Gasteiger partial charge in [0.2, 0.25) is 0 Å². The number of rotatable bonds is 7. The van der Waals surface area contributed by atoms with E-state index >= 15 is 0 Å². The third-order valence-corrected chi connectivity index (χ3v) is 3.20. The van der Waals surface area contributed by atoms with Crippen LogP contribution in [0.3, 0.4) is 0 Å². The number of ether oxygens (including phenoxy) is 2. The third-order valence-electron chi connectivity index (χ3n) is 3.20. The molecule has 146 valence electrons. The van der Waals surface area contributed by atoms with Crippen LogP contribution in [0.2, 0.25) is 0 Å². The van der Waals surface area contributed by atoms with Gasteiger partial charge in [-0.15, -0.1) is 0 Å². The Bertz CT molecular complexity index is 824. The Morgan fingerprint density at radius 2 is 2.00 bits per heavy atom. The van der Waals surface area contributed by atoms with Gasteiger partial charge in [0.05, 0.1) is 17.7 Å². The van der Waals surface area contributed by atoms with Crippen molar-refractivity contribution in [2.75, 3.05) is 51.4 Å². The van der Waals surface area contributed by atoms with Crippen LogP contribution in [-0.2, 0) is 4.74 Å². The summed E-state index contributed by atoms with van der Waals surface area (Å²) in [6.45, 7) is -1.35. The first-order chi connectivity index (χ1) is 14.4. The molecule has 0 aromatic heterocycles. The predicted molar refractivity (Wildman–Crippen MR) is 101 cm³/mol. The van der Waals surface area contributed by atoms with E-state index < -0.39 is 42.8 Å². The van der Waals surface area contributed by atoms with Crippen molar-refractivity contribution < 1.29 is 27.4 Å². The van der Waals surface area contributed by atoms with Gasteiger partial charge < -0.3 is 19.3 Å². The summed E-state index contributed by atoms with van der Waals surface area (Å²) in [6, 6.07) is 2.37. The molecule has 0 aliphatic heterocycles. The maximum absolute atomic E-state index is 12.1. The average molecular weight is 374 g/mol. The van der Waals surface area contributed by atoms with E-state index in [2.05, 4.69) is 5.32 Å². The summed E-state index contributed by atoms with van der Waals surface area (Å²) in [5.41, 5.74) is -1.16. The quantitative estimate of drug-likeness (QED) is 0.579. The minimum absolute atomic E-state index is 0.00258. The summed E-state index contributed by atoms with van der Waals surface area (Å²) in [6.07, 6.45) is -0.836. The lowest BCUT2D eigenvalue weighted by Gasteiger charge is -2.23. The summed E-state index contributed by atoms with van der Waals surface area (Å²) in [5.74, 6) is 0.0896. The van der Waals surface area contributed by atoms with Gasteiger partial charge in [-0.3, -0.25) is 15.4 Å². The number of nitrogens with zero attached hydrogens (tertiary/aromatic N) is 3. The van der Waals surface area contributed by atoms with Crippen LogP contribution in [0.1, 0.15) is 29.0 Å². The number of anilines is 2. The summed E-state index contributed by atoms with van der Waals surface area (Å²) in [5, 5.41) is 14.1. The van der Waals surface area contributed by atoms with Crippen molar-refractivity contribution in [3.63, 3.8) is 0 Å². The van der Waals surface area contributed by atoms with Crippen LogP contribution in [-0.4, -0.2) is 62.7 Å². The van der Waals surface area contributed by atoms with Gasteiger partial charge in [0.15, 0.2) is 0 Å². The zero-order chi connectivity index (χ0) is 25.1. The first-order valence-corrected chi connectivity index (χ1v) is 7.72. The highest BCUT2D eigenvalue weighted by Crippen LogP contribution is 2.38. The lowest BCUT2D eigenvalue weighted by atomic mass is 10.2. The van der Waals surface area contributed by atoms with Crippen molar-refractivity contribution in [3.8, 4) is 5.75 Å². The molecule has 1 rings (SSSR count). The minimum Gasteiger partial charge on any atom is -0.494 e. The molecule has 0 radical (unpaired) electrons. The topological polar surface area (TPSA) is 97.2 Å². The summed E-state index contributed by atoms with van der Waals surface area (Å²) >= 11 is 0. The predicted octanol–water partition coefficient (Wildman–Crippen LogP) is 2.95. The molecule has 9 nitrogen and oxygen atoms in total. The average Bonchev–Trinajstić information content (AvgIpc) is 2.57. The van der Waals surface area contributed by atoms with Gasteiger partial charge in [0, 0.05) is 40.5 Å². The van der Waals surface area contributed by atoms with Gasteiger partial charge in [0.25, 0.3) is 5.69 Å². The first-order valence-electron chi connectivity index (χ1n) is 10.7. The Morgan fingerprint density at radius 1 is 1.35 bits per heavy atom. The number of carbonyl (C=O) groups excluding carboxylic acids is 1. The zero-order valence-corrected chi connectivity index (χ0v) is 15.5.